The third kappa shape index (κ3) is 4.69. The zero-order valence-corrected chi connectivity index (χ0v) is 21.1. The van der Waals surface area contributed by atoms with E-state index in [1.165, 1.54) is 0 Å². The summed E-state index contributed by atoms with van der Waals surface area (Å²) in [6.07, 6.45) is 7.79. The Morgan fingerprint density at radius 1 is 1.17 bits per heavy atom. The summed E-state index contributed by atoms with van der Waals surface area (Å²) in [5, 5.41) is 13.8. The van der Waals surface area contributed by atoms with Gasteiger partial charge in [0.1, 0.15) is 11.4 Å². The van der Waals surface area contributed by atoms with Crippen LogP contribution >= 0.6 is 0 Å². The van der Waals surface area contributed by atoms with Gasteiger partial charge in [0.05, 0.1) is 17.4 Å². The fourth-order valence-electron chi connectivity index (χ4n) is 4.86. The van der Waals surface area contributed by atoms with Crippen molar-refractivity contribution in [2.45, 2.75) is 58.9 Å². The van der Waals surface area contributed by atoms with Gasteiger partial charge in [-0.05, 0) is 69.7 Å². The van der Waals surface area contributed by atoms with Crippen LogP contribution in [0.3, 0.4) is 0 Å². The lowest BCUT2D eigenvalue weighted by atomic mass is 10.0. The lowest BCUT2D eigenvalue weighted by Gasteiger charge is -2.32. The van der Waals surface area contributed by atoms with Gasteiger partial charge in [0.15, 0.2) is 5.78 Å². The van der Waals surface area contributed by atoms with Crippen molar-refractivity contribution in [3.8, 4) is 11.3 Å². The van der Waals surface area contributed by atoms with Gasteiger partial charge in [-0.25, -0.2) is 4.98 Å². The highest BCUT2D eigenvalue weighted by atomic mass is 16.2. The van der Waals surface area contributed by atoms with Gasteiger partial charge in [-0.3, -0.25) is 19.7 Å². The topological polar surface area (TPSA) is 134 Å². The van der Waals surface area contributed by atoms with Crippen LogP contribution in [0.2, 0.25) is 0 Å². The molecular formula is C27H33N7O2. The van der Waals surface area contributed by atoms with Gasteiger partial charge in [-0.2, -0.15) is 5.10 Å². The van der Waals surface area contributed by atoms with Crippen LogP contribution in [0.4, 0.5) is 0 Å². The number of Topliss-reactive ketones (excluding diaryl/α,β-unsaturated/α-hetero) is 1. The predicted molar refractivity (Wildman–Crippen MR) is 139 cm³/mol. The second-order valence-corrected chi connectivity index (χ2v) is 10.2. The highest BCUT2D eigenvalue weighted by molar-refractivity contribution is 6.45. The number of aromatic nitrogens is 4. The summed E-state index contributed by atoms with van der Waals surface area (Å²) in [5.41, 5.74) is 11.0. The zero-order valence-electron chi connectivity index (χ0n) is 21.1. The molecule has 1 saturated heterocycles. The average molecular weight is 488 g/mol. The Kier molecular flexibility index (Phi) is 6.24. The lowest BCUT2D eigenvalue weighted by Crippen LogP contribution is -2.39. The Balaban J connectivity index is 1.30. The molecule has 0 spiro atoms. The Bertz CT molecular complexity index is 1380. The third-order valence-electron chi connectivity index (χ3n) is 7.42. The van der Waals surface area contributed by atoms with E-state index in [2.05, 4.69) is 16.2 Å². The maximum absolute atomic E-state index is 12.5. The van der Waals surface area contributed by atoms with Crippen LogP contribution in [0, 0.1) is 18.3 Å². The van der Waals surface area contributed by atoms with Crippen LogP contribution in [0.25, 0.3) is 22.3 Å². The molecule has 0 unspecified atom stereocenters. The van der Waals surface area contributed by atoms with Crippen molar-refractivity contribution < 1.29 is 9.59 Å². The van der Waals surface area contributed by atoms with Crippen LogP contribution in [0.5, 0.6) is 0 Å². The molecule has 0 aromatic carbocycles. The summed E-state index contributed by atoms with van der Waals surface area (Å²) in [7, 11) is 0. The summed E-state index contributed by atoms with van der Waals surface area (Å²) < 4.78 is 2.05. The summed E-state index contributed by atoms with van der Waals surface area (Å²) in [6, 6.07) is 4.25. The first-order valence-corrected chi connectivity index (χ1v) is 12.6. The van der Waals surface area contributed by atoms with E-state index in [4.69, 9.17) is 16.2 Å². The number of likely N-dealkylation sites (tertiary alicyclic amines) is 1. The van der Waals surface area contributed by atoms with Gasteiger partial charge in [0.25, 0.3) is 0 Å². The molecule has 0 bridgehead atoms. The molecule has 36 heavy (non-hydrogen) atoms. The lowest BCUT2D eigenvalue weighted by molar-refractivity contribution is -0.133. The Labute approximate surface area is 210 Å². The molecular weight excluding hydrogens is 454 g/mol. The minimum absolute atomic E-state index is 0.0596. The van der Waals surface area contributed by atoms with E-state index < -0.39 is 0 Å². The minimum atomic E-state index is -0.281. The molecule has 1 aliphatic carbocycles. The molecule has 0 radical (unpaired) electrons. The fraction of sp³-hybridized carbons (Fsp3) is 0.444. The number of hydrogen-bond donors (Lipinski definition) is 3. The number of ketones is 1. The molecule has 2 aliphatic rings. The molecule has 3 aromatic heterocycles. The number of allylic oxidation sites excluding steroid dienone is 2. The molecule has 188 valence electrons. The highest BCUT2D eigenvalue weighted by Crippen LogP contribution is 2.34. The number of aryl methyl sites for hydroxylation is 1. The largest absolute Gasteiger partial charge is 0.402 e. The molecule has 5 rings (SSSR count). The summed E-state index contributed by atoms with van der Waals surface area (Å²) >= 11 is 0. The van der Waals surface area contributed by atoms with Crippen molar-refractivity contribution in [1.29, 1.82) is 5.41 Å². The Morgan fingerprint density at radius 2 is 1.89 bits per heavy atom. The number of rotatable bonds is 7. The molecule has 0 atom stereocenters. The van der Waals surface area contributed by atoms with Gasteiger partial charge >= 0.3 is 0 Å². The molecule has 4 heterocycles. The SMILES string of the molecule is C/C(N)=C(\C)C(=N)C(=O)Cc1cnc2[nH]c(-c3cn(C4CCN(C(=O)C5CC5)CC4)nc3C)cc2c1. The van der Waals surface area contributed by atoms with E-state index >= 15 is 0 Å². The number of nitrogens with zero attached hydrogens (tertiary/aromatic N) is 4. The first kappa shape index (κ1) is 24.0. The maximum Gasteiger partial charge on any atom is 0.225 e. The van der Waals surface area contributed by atoms with E-state index in [9.17, 15) is 9.59 Å². The van der Waals surface area contributed by atoms with Crippen LogP contribution in [-0.2, 0) is 16.0 Å². The van der Waals surface area contributed by atoms with Crippen molar-refractivity contribution >= 4 is 28.4 Å². The fourth-order valence-corrected chi connectivity index (χ4v) is 4.86. The van der Waals surface area contributed by atoms with E-state index in [1.807, 2.05) is 28.6 Å². The zero-order chi connectivity index (χ0) is 25.6. The molecule has 2 fully saturated rings. The van der Waals surface area contributed by atoms with Crippen molar-refractivity contribution in [2.75, 3.05) is 13.1 Å². The van der Waals surface area contributed by atoms with Crippen molar-refractivity contribution in [3.63, 3.8) is 0 Å². The number of fused-ring (bicyclic) bond motifs is 1. The predicted octanol–water partition coefficient (Wildman–Crippen LogP) is 3.69. The van der Waals surface area contributed by atoms with E-state index in [-0.39, 0.29) is 29.9 Å². The molecule has 9 nitrogen and oxygen atoms in total. The second kappa shape index (κ2) is 9.37. The van der Waals surface area contributed by atoms with Gasteiger partial charge in [0.2, 0.25) is 5.91 Å². The number of nitrogens with one attached hydrogen (secondary N) is 2. The number of carbonyl (C=O) groups is 2. The number of piperidine rings is 1. The summed E-state index contributed by atoms with van der Waals surface area (Å²) in [6.45, 7) is 6.97. The second-order valence-electron chi connectivity index (χ2n) is 10.2. The smallest absolute Gasteiger partial charge is 0.225 e. The number of hydrogen-bond acceptors (Lipinski definition) is 6. The molecule has 1 amide bonds. The first-order valence-electron chi connectivity index (χ1n) is 12.6. The van der Waals surface area contributed by atoms with Crippen LogP contribution in [0.15, 0.2) is 35.8 Å². The average Bonchev–Trinajstić information content (AvgIpc) is 3.52. The quantitative estimate of drug-likeness (QED) is 0.437. The van der Waals surface area contributed by atoms with Gasteiger partial charge in [-0.15, -0.1) is 0 Å². The molecule has 1 saturated carbocycles. The Morgan fingerprint density at radius 3 is 2.56 bits per heavy atom. The normalized spacial score (nSPS) is 17.4. The molecule has 9 heteroatoms. The van der Waals surface area contributed by atoms with Crippen LogP contribution in [0.1, 0.15) is 56.8 Å². The molecule has 1 aliphatic heterocycles. The third-order valence-corrected chi connectivity index (χ3v) is 7.42. The van der Waals surface area contributed by atoms with Gasteiger partial charge < -0.3 is 15.6 Å². The standard InChI is InChI=1S/C27H33N7O2/c1-15(16(2)28)25(29)24(35)11-18-10-20-12-23(31-26(20)30-13-18)22-14-34(32-17(22)3)21-6-8-33(9-7-21)27(36)19-4-5-19/h10,12-14,19,21,29H,4-9,11,28H2,1-3H3,(H,30,31)/b16-15-,29-25?. The van der Waals surface area contributed by atoms with E-state index in [1.54, 1.807) is 20.0 Å². The minimum Gasteiger partial charge on any atom is -0.402 e. The number of nitrogens with two attached hydrogens (primary N) is 1. The number of H-pyrrole nitrogens is 1. The van der Waals surface area contributed by atoms with Crippen molar-refractivity contribution in [1.82, 2.24) is 24.6 Å². The van der Waals surface area contributed by atoms with Gasteiger partial charge in [0, 0.05) is 54.5 Å². The number of amides is 1. The Hall–Kier alpha value is -3.75. The highest BCUT2D eigenvalue weighted by Gasteiger charge is 2.35. The van der Waals surface area contributed by atoms with Crippen molar-refractivity contribution in [3.05, 3.63) is 47.1 Å². The number of pyridine rings is 1. The monoisotopic (exact) mass is 487 g/mol. The maximum atomic E-state index is 12.5. The van der Waals surface area contributed by atoms with Crippen LogP contribution in [-0.4, -0.2) is 55.1 Å². The number of aromatic amines is 1. The summed E-state index contributed by atoms with van der Waals surface area (Å²) in [4.78, 5) is 34.8. The number of carbonyl (C=O) groups excluding carboxylic acids is 2. The molecule has 3 aromatic rings. The summed E-state index contributed by atoms with van der Waals surface area (Å²) in [5.74, 6) is 0.323. The van der Waals surface area contributed by atoms with Crippen LogP contribution < -0.4 is 5.73 Å². The van der Waals surface area contributed by atoms with Gasteiger partial charge in [-0.1, -0.05) is 0 Å². The van der Waals surface area contributed by atoms with Crippen molar-refractivity contribution in [2.24, 2.45) is 11.7 Å². The molecule has 4 N–H and O–H groups in total. The first-order chi connectivity index (χ1) is 17.2. The van der Waals surface area contributed by atoms with E-state index in [0.717, 1.165) is 72.3 Å². The van der Waals surface area contributed by atoms with E-state index in [0.29, 0.717) is 17.2 Å².